The van der Waals surface area contributed by atoms with Gasteiger partial charge in [-0.2, -0.15) is 0 Å². The second-order valence-electron chi connectivity index (χ2n) is 3.40. The van der Waals surface area contributed by atoms with Crippen molar-refractivity contribution < 1.29 is 0 Å². The topological polar surface area (TPSA) is 67.1 Å². The molecule has 1 aromatic heterocycles. The number of hydrogen-bond acceptors (Lipinski definition) is 5. The van der Waals surface area contributed by atoms with Crippen molar-refractivity contribution in [1.82, 2.24) is 9.97 Å². The van der Waals surface area contributed by atoms with E-state index < -0.39 is 0 Å². The van der Waals surface area contributed by atoms with Gasteiger partial charge in [-0.05, 0) is 28.1 Å². The van der Waals surface area contributed by atoms with E-state index in [1.165, 1.54) is 6.33 Å². The van der Waals surface area contributed by atoms with Crippen molar-refractivity contribution in [3.05, 3.63) is 41.1 Å². The quantitative estimate of drug-likeness (QED) is 0.671. The number of benzene rings is 1. The molecular weight excluding hydrogens is 282 g/mol. The van der Waals surface area contributed by atoms with Gasteiger partial charge >= 0.3 is 0 Å². The first-order valence-electron chi connectivity index (χ1n) is 5.00. The van der Waals surface area contributed by atoms with Crippen molar-refractivity contribution in [1.29, 1.82) is 0 Å². The summed E-state index contributed by atoms with van der Waals surface area (Å²) in [6, 6.07) is 9.93. The summed E-state index contributed by atoms with van der Waals surface area (Å²) in [6.45, 7) is 0. The SMILES string of the molecule is CN(c1ccccc1)c1ncnc(NN)c1Br. The van der Waals surface area contributed by atoms with Gasteiger partial charge in [-0.25, -0.2) is 15.8 Å². The average molecular weight is 294 g/mol. The van der Waals surface area contributed by atoms with Gasteiger partial charge < -0.3 is 10.3 Å². The molecule has 1 heterocycles. The molecule has 88 valence electrons. The number of hydrogen-bond donors (Lipinski definition) is 2. The van der Waals surface area contributed by atoms with E-state index in [2.05, 4.69) is 31.3 Å². The number of nitrogens with two attached hydrogens (primary N) is 1. The molecule has 0 bridgehead atoms. The molecule has 17 heavy (non-hydrogen) atoms. The van der Waals surface area contributed by atoms with Crippen LogP contribution in [0.25, 0.3) is 0 Å². The molecular formula is C11H12BrN5. The molecule has 6 heteroatoms. The van der Waals surface area contributed by atoms with E-state index in [-0.39, 0.29) is 0 Å². The highest BCUT2D eigenvalue weighted by atomic mass is 79.9. The second-order valence-corrected chi connectivity index (χ2v) is 4.19. The zero-order valence-electron chi connectivity index (χ0n) is 9.26. The molecule has 0 amide bonds. The van der Waals surface area contributed by atoms with Gasteiger partial charge in [-0.3, -0.25) is 0 Å². The predicted octanol–water partition coefficient (Wildman–Crippen LogP) is 2.29. The number of halogens is 1. The minimum absolute atomic E-state index is 0.554. The number of nitrogens with zero attached hydrogens (tertiary/aromatic N) is 3. The van der Waals surface area contributed by atoms with E-state index in [1.807, 2.05) is 42.3 Å². The van der Waals surface area contributed by atoms with E-state index in [4.69, 9.17) is 5.84 Å². The van der Waals surface area contributed by atoms with Crippen LogP contribution in [-0.4, -0.2) is 17.0 Å². The van der Waals surface area contributed by atoms with Crippen LogP contribution in [0.4, 0.5) is 17.3 Å². The van der Waals surface area contributed by atoms with Crippen LogP contribution in [0.2, 0.25) is 0 Å². The van der Waals surface area contributed by atoms with Crippen molar-refractivity contribution >= 4 is 33.3 Å². The van der Waals surface area contributed by atoms with Gasteiger partial charge in [0.25, 0.3) is 0 Å². The minimum atomic E-state index is 0.554. The summed E-state index contributed by atoms with van der Waals surface area (Å²) in [5, 5.41) is 0. The van der Waals surface area contributed by atoms with Crippen LogP contribution >= 0.6 is 15.9 Å². The first-order valence-corrected chi connectivity index (χ1v) is 5.79. The van der Waals surface area contributed by atoms with Crippen molar-refractivity contribution in [3.63, 3.8) is 0 Å². The molecule has 0 fully saturated rings. The lowest BCUT2D eigenvalue weighted by molar-refractivity contribution is 1.06. The highest BCUT2D eigenvalue weighted by molar-refractivity contribution is 9.10. The maximum atomic E-state index is 5.37. The monoisotopic (exact) mass is 293 g/mol. The van der Waals surface area contributed by atoms with Crippen molar-refractivity contribution in [2.24, 2.45) is 5.84 Å². The summed E-state index contributed by atoms with van der Waals surface area (Å²) in [5.74, 6) is 6.67. The number of anilines is 3. The summed E-state index contributed by atoms with van der Waals surface area (Å²) >= 11 is 3.43. The Bertz CT molecular complexity index is 502. The Hall–Kier alpha value is -1.66. The number of hydrazine groups is 1. The minimum Gasteiger partial charge on any atom is -0.328 e. The van der Waals surface area contributed by atoms with Crippen LogP contribution in [0, 0.1) is 0 Å². The van der Waals surface area contributed by atoms with Gasteiger partial charge in [-0.15, -0.1) is 0 Å². The molecule has 0 unspecified atom stereocenters. The molecule has 0 radical (unpaired) electrons. The molecule has 0 saturated carbocycles. The standard InChI is InChI=1S/C11H12BrN5/c1-17(8-5-3-2-4-6-8)11-9(12)10(16-13)14-7-15-11/h2-7H,13H2,1H3,(H,14,15,16). The molecule has 2 aromatic rings. The molecule has 0 aliphatic carbocycles. The third-order valence-corrected chi connectivity index (χ3v) is 3.10. The largest absolute Gasteiger partial charge is 0.328 e. The normalized spacial score (nSPS) is 10.1. The Balaban J connectivity index is 2.41. The molecule has 3 N–H and O–H groups in total. The Morgan fingerprint density at radius 2 is 1.94 bits per heavy atom. The zero-order chi connectivity index (χ0) is 12.3. The Labute approximate surface area is 108 Å². The number of nitrogens with one attached hydrogen (secondary N) is 1. The Kier molecular flexibility index (Phi) is 3.55. The van der Waals surface area contributed by atoms with E-state index in [0.29, 0.717) is 5.82 Å². The molecule has 0 spiro atoms. The Morgan fingerprint density at radius 3 is 2.59 bits per heavy atom. The summed E-state index contributed by atoms with van der Waals surface area (Å²) < 4.78 is 0.730. The van der Waals surface area contributed by atoms with E-state index in [0.717, 1.165) is 16.0 Å². The zero-order valence-corrected chi connectivity index (χ0v) is 10.8. The summed E-state index contributed by atoms with van der Waals surface area (Å²) in [7, 11) is 1.93. The summed E-state index contributed by atoms with van der Waals surface area (Å²) in [5.41, 5.74) is 3.55. The first-order chi connectivity index (χ1) is 8.24. The summed E-state index contributed by atoms with van der Waals surface area (Å²) in [6.07, 6.45) is 1.47. The van der Waals surface area contributed by atoms with Crippen LogP contribution in [0.1, 0.15) is 0 Å². The molecule has 0 aliphatic heterocycles. The van der Waals surface area contributed by atoms with Crippen LogP contribution < -0.4 is 16.2 Å². The van der Waals surface area contributed by atoms with Crippen molar-refractivity contribution in [3.8, 4) is 0 Å². The predicted molar refractivity (Wildman–Crippen MR) is 72.0 cm³/mol. The lowest BCUT2D eigenvalue weighted by Gasteiger charge is -2.20. The molecule has 1 aromatic carbocycles. The maximum Gasteiger partial charge on any atom is 0.159 e. The fourth-order valence-electron chi connectivity index (χ4n) is 1.47. The maximum absolute atomic E-state index is 5.37. The fraction of sp³-hybridized carbons (Fsp3) is 0.0909. The highest BCUT2D eigenvalue weighted by Gasteiger charge is 2.12. The van der Waals surface area contributed by atoms with E-state index in [9.17, 15) is 0 Å². The van der Waals surface area contributed by atoms with Crippen LogP contribution in [0.15, 0.2) is 41.1 Å². The third-order valence-electron chi connectivity index (χ3n) is 2.37. The first kappa shape index (κ1) is 11.8. The van der Waals surface area contributed by atoms with Gasteiger partial charge in [-0.1, -0.05) is 18.2 Å². The van der Waals surface area contributed by atoms with Crippen molar-refractivity contribution in [2.45, 2.75) is 0 Å². The van der Waals surface area contributed by atoms with Gasteiger partial charge in [0.1, 0.15) is 10.8 Å². The number of aromatic nitrogens is 2. The van der Waals surface area contributed by atoms with E-state index in [1.54, 1.807) is 0 Å². The third kappa shape index (κ3) is 2.37. The van der Waals surface area contributed by atoms with Crippen molar-refractivity contribution in [2.75, 3.05) is 17.4 Å². The molecule has 5 nitrogen and oxygen atoms in total. The molecule has 2 rings (SSSR count). The number of para-hydroxylation sites is 1. The van der Waals surface area contributed by atoms with Gasteiger partial charge in [0.2, 0.25) is 0 Å². The van der Waals surface area contributed by atoms with E-state index >= 15 is 0 Å². The Morgan fingerprint density at radius 1 is 1.24 bits per heavy atom. The second kappa shape index (κ2) is 5.11. The van der Waals surface area contributed by atoms with Gasteiger partial charge in [0.15, 0.2) is 11.6 Å². The van der Waals surface area contributed by atoms with Crippen LogP contribution in [0.5, 0.6) is 0 Å². The van der Waals surface area contributed by atoms with Crippen LogP contribution in [0.3, 0.4) is 0 Å². The lowest BCUT2D eigenvalue weighted by atomic mass is 10.3. The van der Waals surface area contributed by atoms with Gasteiger partial charge in [0, 0.05) is 12.7 Å². The highest BCUT2D eigenvalue weighted by Crippen LogP contribution is 2.31. The average Bonchev–Trinajstić information content (AvgIpc) is 2.39. The molecule has 0 saturated heterocycles. The number of rotatable bonds is 3. The van der Waals surface area contributed by atoms with Gasteiger partial charge in [0.05, 0.1) is 0 Å². The smallest absolute Gasteiger partial charge is 0.159 e. The van der Waals surface area contributed by atoms with Crippen LogP contribution in [-0.2, 0) is 0 Å². The molecule has 0 atom stereocenters. The fourth-order valence-corrected chi connectivity index (χ4v) is 2.05. The lowest BCUT2D eigenvalue weighted by Crippen LogP contribution is -2.15. The summed E-state index contributed by atoms with van der Waals surface area (Å²) in [4.78, 5) is 10.2. The molecule has 0 aliphatic rings. The number of nitrogen functional groups attached to an aromatic ring is 1.